The van der Waals surface area contributed by atoms with Crippen LogP contribution in [0.2, 0.25) is 0 Å². The van der Waals surface area contributed by atoms with Gasteiger partial charge in [-0.05, 0) is 39.8 Å². The Morgan fingerprint density at radius 2 is 2.17 bits per heavy atom. The lowest BCUT2D eigenvalue weighted by Gasteiger charge is -2.40. The van der Waals surface area contributed by atoms with Crippen molar-refractivity contribution < 1.29 is 14.3 Å². The van der Waals surface area contributed by atoms with Gasteiger partial charge in [0.15, 0.2) is 0 Å². The fourth-order valence-corrected chi connectivity index (χ4v) is 4.11. The monoisotopic (exact) mass is 323 g/mol. The Balaban J connectivity index is 1.63. The summed E-state index contributed by atoms with van der Waals surface area (Å²) < 4.78 is 5.35. The summed E-state index contributed by atoms with van der Waals surface area (Å²) >= 11 is 0. The van der Waals surface area contributed by atoms with Gasteiger partial charge in [0.1, 0.15) is 0 Å². The molecule has 0 radical (unpaired) electrons. The lowest BCUT2D eigenvalue weighted by Crippen LogP contribution is -2.51. The molecule has 3 saturated heterocycles. The molecule has 1 spiro atoms. The van der Waals surface area contributed by atoms with E-state index in [0.717, 1.165) is 51.9 Å². The van der Waals surface area contributed by atoms with E-state index < -0.39 is 0 Å². The fraction of sp³-hybridized carbons (Fsp3) is 0.882. The van der Waals surface area contributed by atoms with Crippen LogP contribution < -0.4 is 0 Å². The Kier molecular flexibility index (Phi) is 4.92. The molecule has 2 atom stereocenters. The highest BCUT2D eigenvalue weighted by atomic mass is 16.5. The molecule has 3 rings (SSSR count). The predicted octanol–water partition coefficient (Wildman–Crippen LogP) is 0.426. The third-order valence-electron chi connectivity index (χ3n) is 5.59. The molecule has 0 aromatic rings. The van der Waals surface area contributed by atoms with E-state index in [1.54, 1.807) is 0 Å². The van der Waals surface area contributed by atoms with Gasteiger partial charge in [0.2, 0.25) is 11.8 Å². The van der Waals surface area contributed by atoms with Crippen LogP contribution in [0.1, 0.15) is 25.7 Å². The molecule has 3 aliphatic rings. The van der Waals surface area contributed by atoms with Gasteiger partial charge in [-0.2, -0.15) is 0 Å². The molecule has 0 saturated carbocycles. The zero-order valence-corrected chi connectivity index (χ0v) is 14.4. The molecule has 130 valence electrons. The number of amides is 2. The van der Waals surface area contributed by atoms with Crippen molar-refractivity contribution >= 4 is 11.8 Å². The van der Waals surface area contributed by atoms with Gasteiger partial charge in [-0.25, -0.2) is 0 Å². The average molecular weight is 323 g/mol. The van der Waals surface area contributed by atoms with Gasteiger partial charge in [-0.1, -0.05) is 0 Å². The maximum absolute atomic E-state index is 12.9. The topological polar surface area (TPSA) is 53.1 Å². The van der Waals surface area contributed by atoms with Crippen LogP contribution in [-0.4, -0.2) is 86.5 Å². The second-order valence-corrected chi connectivity index (χ2v) is 7.55. The third kappa shape index (κ3) is 3.38. The van der Waals surface area contributed by atoms with Crippen molar-refractivity contribution in [3.63, 3.8) is 0 Å². The van der Waals surface area contributed by atoms with E-state index in [9.17, 15) is 9.59 Å². The molecular formula is C17H29N3O3. The van der Waals surface area contributed by atoms with E-state index in [2.05, 4.69) is 4.90 Å². The Morgan fingerprint density at radius 3 is 2.87 bits per heavy atom. The second kappa shape index (κ2) is 6.77. The number of hydrogen-bond donors (Lipinski definition) is 0. The fourth-order valence-electron chi connectivity index (χ4n) is 4.11. The first-order chi connectivity index (χ1) is 11.0. The minimum Gasteiger partial charge on any atom is -0.381 e. The first kappa shape index (κ1) is 16.7. The van der Waals surface area contributed by atoms with Crippen molar-refractivity contribution in [1.29, 1.82) is 0 Å². The van der Waals surface area contributed by atoms with Crippen molar-refractivity contribution in [3.8, 4) is 0 Å². The molecule has 0 aliphatic carbocycles. The van der Waals surface area contributed by atoms with Crippen molar-refractivity contribution in [1.82, 2.24) is 14.7 Å². The maximum Gasteiger partial charge on any atom is 0.230 e. The number of hydrogen-bond acceptors (Lipinski definition) is 4. The van der Waals surface area contributed by atoms with E-state index in [1.165, 1.54) is 0 Å². The summed E-state index contributed by atoms with van der Waals surface area (Å²) in [4.78, 5) is 31.6. The van der Waals surface area contributed by atoms with Crippen LogP contribution in [0.15, 0.2) is 0 Å². The Bertz CT molecular complexity index is 462. The molecule has 0 aromatic heterocycles. The van der Waals surface area contributed by atoms with Gasteiger partial charge >= 0.3 is 0 Å². The van der Waals surface area contributed by atoms with Crippen LogP contribution in [0.3, 0.4) is 0 Å². The number of likely N-dealkylation sites (N-methyl/N-ethyl adjacent to an activating group) is 1. The Labute approximate surface area is 138 Å². The quantitative estimate of drug-likeness (QED) is 0.753. The van der Waals surface area contributed by atoms with E-state index in [4.69, 9.17) is 4.74 Å². The first-order valence-corrected chi connectivity index (χ1v) is 8.82. The summed E-state index contributed by atoms with van der Waals surface area (Å²) in [6.45, 7) is 5.16. The Morgan fingerprint density at radius 1 is 1.35 bits per heavy atom. The summed E-state index contributed by atoms with van der Waals surface area (Å²) in [5.74, 6) is 0.465. The van der Waals surface area contributed by atoms with Crippen LogP contribution in [0.5, 0.6) is 0 Å². The highest BCUT2D eigenvalue weighted by Gasteiger charge is 2.49. The van der Waals surface area contributed by atoms with E-state index in [-0.39, 0.29) is 23.1 Å². The predicted molar refractivity (Wildman–Crippen MR) is 86.9 cm³/mol. The molecule has 3 fully saturated rings. The molecule has 0 bridgehead atoms. The number of likely N-dealkylation sites (tertiary alicyclic amines) is 2. The minimum absolute atomic E-state index is 0.00602. The van der Waals surface area contributed by atoms with Crippen LogP contribution in [0.25, 0.3) is 0 Å². The zero-order chi connectivity index (χ0) is 16.4. The summed E-state index contributed by atoms with van der Waals surface area (Å²) in [6, 6.07) is 0. The molecule has 6 heteroatoms. The van der Waals surface area contributed by atoms with Gasteiger partial charge in [-0.15, -0.1) is 0 Å². The first-order valence-electron chi connectivity index (χ1n) is 8.82. The standard InChI is InChI=1S/C17H29N3O3/c1-18(2)9-10-19-8-6-17(16(19)22)5-3-7-20(13-17)15(21)14-4-11-23-12-14/h14H,3-13H2,1-2H3/t14-,17-/m1/s1. The second-order valence-electron chi connectivity index (χ2n) is 7.55. The summed E-state index contributed by atoms with van der Waals surface area (Å²) in [5.41, 5.74) is -0.320. The molecule has 0 aromatic carbocycles. The molecule has 23 heavy (non-hydrogen) atoms. The van der Waals surface area contributed by atoms with E-state index in [0.29, 0.717) is 19.8 Å². The minimum atomic E-state index is -0.320. The van der Waals surface area contributed by atoms with Crippen molar-refractivity contribution in [2.45, 2.75) is 25.7 Å². The van der Waals surface area contributed by atoms with Gasteiger partial charge < -0.3 is 19.4 Å². The molecule has 3 aliphatic heterocycles. The smallest absolute Gasteiger partial charge is 0.230 e. The number of carbonyl (C=O) groups is 2. The molecular weight excluding hydrogens is 294 g/mol. The normalized spacial score (nSPS) is 31.6. The zero-order valence-electron chi connectivity index (χ0n) is 14.4. The number of piperidine rings is 1. The summed E-state index contributed by atoms with van der Waals surface area (Å²) in [5, 5.41) is 0. The molecule has 0 unspecified atom stereocenters. The SMILES string of the molecule is CN(C)CCN1CC[C@@]2(CCCN(C(=O)[C@@H]3CCOC3)C2)C1=O. The highest BCUT2D eigenvalue weighted by molar-refractivity contribution is 5.87. The number of ether oxygens (including phenoxy) is 1. The highest BCUT2D eigenvalue weighted by Crippen LogP contribution is 2.40. The van der Waals surface area contributed by atoms with E-state index >= 15 is 0 Å². The van der Waals surface area contributed by atoms with Crippen molar-refractivity contribution in [2.24, 2.45) is 11.3 Å². The van der Waals surface area contributed by atoms with Crippen molar-refractivity contribution in [2.75, 3.05) is 60.0 Å². The average Bonchev–Trinajstić information content (AvgIpc) is 3.16. The maximum atomic E-state index is 12.9. The number of nitrogens with zero attached hydrogens (tertiary/aromatic N) is 3. The number of carbonyl (C=O) groups excluding carboxylic acids is 2. The van der Waals surface area contributed by atoms with Crippen LogP contribution in [0.4, 0.5) is 0 Å². The molecule has 0 N–H and O–H groups in total. The largest absolute Gasteiger partial charge is 0.381 e. The molecule has 6 nitrogen and oxygen atoms in total. The van der Waals surface area contributed by atoms with Gasteiger partial charge in [-0.3, -0.25) is 9.59 Å². The summed E-state index contributed by atoms with van der Waals surface area (Å²) in [6.07, 6.45) is 3.58. The third-order valence-corrected chi connectivity index (χ3v) is 5.59. The lowest BCUT2D eigenvalue weighted by atomic mass is 9.78. The Hall–Kier alpha value is -1.14. The lowest BCUT2D eigenvalue weighted by molar-refractivity contribution is -0.145. The number of rotatable bonds is 4. The van der Waals surface area contributed by atoms with E-state index in [1.807, 2.05) is 23.9 Å². The van der Waals surface area contributed by atoms with Crippen LogP contribution in [-0.2, 0) is 14.3 Å². The van der Waals surface area contributed by atoms with Gasteiger partial charge in [0, 0.05) is 39.3 Å². The molecule has 2 amide bonds. The van der Waals surface area contributed by atoms with Crippen LogP contribution >= 0.6 is 0 Å². The summed E-state index contributed by atoms with van der Waals surface area (Å²) in [7, 11) is 4.06. The molecule has 3 heterocycles. The van der Waals surface area contributed by atoms with Gasteiger partial charge in [0.25, 0.3) is 0 Å². The van der Waals surface area contributed by atoms with Crippen molar-refractivity contribution in [3.05, 3.63) is 0 Å². The van der Waals surface area contributed by atoms with Crippen LogP contribution in [0, 0.1) is 11.3 Å². The van der Waals surface area contributed by atoms with Gasteiger partial charge in [0.05, 0.1) is 17.9 Å².